The molecule has 1 aliphatic heterocycles. The molecule has 25 heavy (non-hydrogen) atoms. The molecule has 4 nitrogen and oxygen atoms in total. The molecule has 0 saturated carbocycles. The summed E-state index contributed by atoms with van der Waals surface area (Å²) >= 11 is 0. The van der Waals surface area contributed by atoms with E-state index >= 15 is 0 Å². The number of halogens is 1. The van der Waals surface area contributed by atoms with Gasteiger partial charge in [-0.2, -0.15) is 0 Å². The molecule has 2 aromatic rings. The summed E-state index contributed by atoms with van der Waals surface area (Å²) in [5.74, 6) is 2.36. The molecule has 0 aromatic heterocycles. The lowest BCUT2D eigenvalue weighted by Crippen LogP contribution is -2.35. The van der Waals surface area contributed by atoms with Crippen molar-refractivity contribution in [2.75, 3.05) is 24.5 Å². The average molecular weight is 338 g/mol. The molecule has 3 rings (SSSR count). The number of terminal acetylenes is 1. The Morgan fingerprint density at radius 2 is 1.92 bits per heavy atom. The van der Waals surface area contributed by atoms with Gasteiger partial charge in [0.25, 0.3) is 0 Å². The van der Waals surface area contributed by atoms with E-state index in [1.807, 2.05) is 35.2 Å². The highest BCUT2D eigenvalue weighted by molar-refractivity contribution is 5.89. The maximum Gasteiger partial charge on any atom is 0.414 e. The number of carbonyl (C=O) groups excluding carboxylic acids is 1. The molecule has 1 unspecified atom stereocenters. The number of anilines is 1. The van der Waals surface area contributed by atoms with E-state index in [2.05, 4.69) is 5.92 Å². The third-order valence-electron chi connectivity index (χ3n) is 4.04. The molecule has 1 fully saturated rings. The summed E-state index contributed by atoms with van der Waals surface area (Å²) in [5.41, 5.74) is 1.78. The standard InChI is InChI=1S/C20H19FN2O2/c1-2-12-22(13-16-8-10-17(21)11-9-16)14-19-15-23(20(24)25-19)18-6-4-3-5-7-18/h1,3-11,19H,12-15H2. The van der Waals surface area contributed by atoms with Gasteiger partial charge in [-0.25, -0.2) is 9.18 Å². The molecule has 1 amide bonds. The third kappa shape index (κ3) is 4.37. The van der Waals surface area contributed by atoms with Crippen LogP contribution in [0, 0.1) is 18.2 Å². The number of carbonyl (C=O) groups is 1. The Morgan fingerprint density at radius 3 is 2.60 bits per heavy atom. The van der Waals surface area contributed by atoms with Crippen LogP contribution >= 0.6 is 0 Å². The first-order valence-corrected chi connectivity index (χ1v) is 8.09. The van der Waals surface area contributed by atoms with Gasteiger partial charge < -0.3 is 4.74 Å². The van der Waals surface area contributed by atoms with Crippen LogP contribution in [-0.4, -0.2) is 36.7 Å². The van der Waals surface area contributed by atoms with Gasteiger partial charge >= 0.3 is 6.09 Å². The van der Waals surface area contributed by atoms with Crippen molar-refractivity contribution >= 4 is 11.8 Å². The Bertz CT molecular complexity index is 756. The normalized spacial score (nSPS) is 16.8. The molecule has 1 atom stereocenters. The number of hydrogen-bond donors (Lipinski definition) is 0. The lowest BCUT2D eigenvalue weighted by Gasteiger charge is -2.22. The summed E-state index contributed by atoms with van der Waals surface area (Å²) < 4.78 is 18.5. The lowest BCUT2D eigenvalue weighted by molar-refractivity contribution is 0.111. The minimum Gasteiger partial charge on any atom is -0.443 e. The lowest BCUT2D eigenvalue weighted by atomic mass is 10.2. The Kier molecular flexibility index (Phi) is 5.32. The van der Waals surface area contributed by atoms with Crippen molar-refractivity contribution in [3.63, 3.8) is 0 Å². The largest absolute Gasteiger partial charge is 0.443 e. The smallest absolute Gasteiger partial charge is 0.414 e. The SMILES string of the molecule is C#CCN(Cc1ccc(F)cc1)CC1CN(c2ccccc2)C(=O)O1. The topological polar surface area (TPSA) is 32.8 Å². The highest BCUT2D eigenvalue weighted by Crippen LogP contribution is 2.22. The van der Waals surface area contributed by atoms with E-state index in [1.54, 1.807) is 17.0 Å². The van der Waals surface area contributed by atoms with Crippen LogP contribution in [0.3, 0.4) is 0 Å². The first-order valence-electron chi connectivity index (χ1n) is 8.09. The second kappa shape index (κ2) is 7.82. The number of amides is 1. The molecule has 0 aliphatic carbocycles. The van der Waals surface area contributed by atoms with Crippen LogP contribution in [0.1, 0.15) is 5.56 Å². The van der Waals surface area contributed by atoms with E-state index < -0.39 is 0 Å². The van der Waals surface area contributed by atoms with Crippen molar-refractivity contribution < 1.29 is 13.9 Å². The van der Waals surface area contributed by atoms with Gasteiger partial charge in [-0.1, -0.05) is 36.3 Å². The van der Waals surface area contributed by atoms with Crippen molar-refractivity contribution in [3.8, 4) is 12.3 Å². The van der Waals surface area contributed by atoms with E-state index in [4.69, 9.17) is 11.2 Å². The van der Waals surface area contributed by atoms with E-state index in [1.165, 1.54) is 12.1 Å². The van der Waals surface area contributed by atoms with Crippen molar-refractivity contribution in [3.05, 3.63) is 66.0 Å². The number of nitrogens with zero attached hydrogens (tertiary/aromatic N) is 2. The predicted octanol–water partition coefficient (Wildman–Crippen LogP) is 3.29. The van der Waals surface area contributed by atoms with E-state index in [0.29, 0.717) is 26.2 Å². The minimum atomic E-state index is -0.348. The summed E-state index contributed by atoms with van der Waals surface area (Å²) in [6.07, 6.45) is 4.85. The van der Waals surface area contributed by atoms with Gasteiger partial charge in [-0.15, -0.1) is 6.42 Å². The second-order valence-electron chi connectivity index (χ2n) is 5.95. The molecule has 1 heterocycles. The fourth-order valence-electron chi connectivity index (χ4n) is 2.89. The molecular weight excluding hydrogens is 319 g/mol. The van der Waals surface area contributed by atoms with Gasteiger partial charge in [-0.3, -0.25) is 9.80 Å². The fourth-order valence-corrected chi connectivity index (χ4v) is 2.89. The van der Waals surface area contributed by atoms with Crippen LogP contribution in [0.2, 0.25) is 0 Å². The van der Waals surface area contributed by atoms with Crippen LogP contribution in [0.15, 0.2) is 54.6 Å². The molecule has 0 bridgehead atoms. The van der Waals surface area contributed by atoms with Gasteiger partial charge in [0, 0.05) is 18.8 Å². The van der Waals surface area contributed by atoms with Crippen molar-refractivity contribution in [1.82, 2.24) is 4.90 Å². The molecule has 5 heteroatoms. The molecular formula is C20H19FN2O2. The van der Waals surface area contributed by atoms with Gasteiger partial charge in [-0.05, 0) is 29.8 Å². The molecule has 128 valence electrons. The number of rotatable bonds is 6. The summed E-state index contributed by atoms with van der Waals surface area (Å²) in [5, 5.41) is 0. The van der Waals surface area contributed by atoms with Crippen LogP contribution in [0.4, 0.5) is 14.9 Å². The van der Waals surface area contributed by atoms with Crippen molar-refractivity contribution in [2.45, 2.75) is 12.6 Å². The highest BCUT2D eigenvalue weighted by atomic mass is 19.1. The fraction of sp³-hybridized carbons (Fsp3) is 0.250. The molecule has 1 aliphatic rings. The second-order valence-corrected chi connectivity index (χ2v) is 5.95. The van der Waals surface area contributed by atoms with Crippen molar-refractivity contribution in [2.24, 2.45) is 0 Å². The molecule has 0 spiro atoms. The molecule has 1 saturated heterocycles. The Morgan fingerprint density at radius 1 is 1.20 bits per heavy atom. The van der Waals surface area contributed by atoms with Crippen LogP contribution < -0.4 is 4.90 Å². The number of para-hydroxylation sites is 1. The first kappa shape index (κ1) is 17.0. The summed E-state index contributed by atoms with van der Waals surface area (Å²) in [4.78, 5) is 15.8. The third-order valence-corrected chi connectivity index (χ3v) is 4.04. The zero-order chi connectivity index (χ0) is 17.6. The van der Waals surface area contributed by atoms with Gasteiger partial charge in [0.15, 0.2) is 0 Å². The Hall–Kier alpha value is -2.84. The van der Waals surface area contributed by atoms with Crippen LogP contribution in [-0.2, 0) is 11.3 Å². The highest BCUT2D eigenvalue weighted by Gasteiger charge is 2.33. The monoisotopic (exact) mass is 338 g/mol. The number of benzene rings is 2. The average Bonchev–Trinajstić information content (AvgIpc) is 2.98. The van der Waals surface area contributed by atoms with E-state index in [-0.39, 0.29) is 18.0 Å². The van der Waals surface area contributed by atoms with Gasteiger partial charge in [0.2, 0.25) is 0 Å². The Labute approximate surface area is 146 Å². The van der Waals surface area contributed by atoms with Crippen molar-refractivity contribution in [1.29, 1.82) is 0 Å². The minimum absolute atomic E-state index is 0.262. The zero-order valence-corrected chi connectivity index (χ0v) is 13.8. The van der Waals surface area contributed by atoms with Crippen LogP contribution in [0.5, 0.6) is 0 Å². The molecule has 2 aromatic carbocycles. The quantitative estimate of drug-likeness (QED) is 0.758. The Balaban J connectivity index is 1.64. The number of hydrogen-bond acceptors (Lipinski definition) is 3. The summed E-state index contributed by atoms with van der Waals surface area (Å²) in [6, 6.07) is 15.7. The maximum absolute atomic E-state index is 13.0. The van der Waals surface area contributed by atoms with E-state index in [0.717, 1.165) is 11.3 Å². The van der Waals surface area contributed by atoms with Crippen LogP contribution in [0.25, 0.3) is 0 Å². The molecule has 0 N–H and O–H groups in total. The van der Waals surface area contributed by atoms with Gasteiger partial charge in [0.05, 0.1) is 13.1 Å². The predicted molar refractivity (Wildman–Crippen MR) is 94.6 cm³/mol. The first-order chi connectivity index (χ1) is 12.2. The summed E-state index contributed by atoms with van der Waals surface area (Å²) in [7, 11) is 0. The van der Waals surface area contributed by atoms with Gasteiger partial charge in [0.1, 0.15) is 11.9 Å². The number of ether oxygens (including phenoxy) is 1. The number of cyclic esters (lactones) is 1. The van der Waals surface area contributed by atoms with E-state index in [9.17, 15) is 9.18 Å². The zero-order valence-electron chi connectivity index (χ0n) is 13.8. The maximum atomic E-state index is 13.0. The molecule has 0 radical (unpaired) electrons. The summed E-state index contributed by atoms with van der Waals surface area (Å²) in [6.45, 7) is 2.00.